The lowest BCUT2D eigenvalue weighted by atomic mass is 10.1. The van der Waals surface area contributed by atoms with E-state index < -0.39 is 15.9 Å². The lowest BCUT2D eigenvalue weighted by Gasteiger charge is -2.19. The van der Waals surface area contributed by atoms with Crippen molar-refractivity contribution in [2.45, 2.75) is 30.7 Å². The smallest absolute Gasteiger partial charge is 0.256 e. The van der Waals surface area contributed by atoms with Crippen LogP contribution < -0.4 is 10.1 Å². The summed E-state index contributed by atoms with van der Waals surface area (Å²) in [4.78, 5) is 13.0. The molecule has 0 spiro atoms. The van der Waals surface area contributed by atoms with Crippen LogP contribution in [-0.2, 0) is 10.0 Å². The number of benzene rings is 2. The maximum absolute atomic E-state index is 13.1. The van der Waals surface area contributed by atoms with Crippen LogP contribution in [0.3, 0.4) is 0 Å². The molecule has 0 radical (unpaired) electrons. The molecule has 3 aromatic rings. The molecule has 9 heteroatoms. The van der Waals surface area contributed by atoms with Crippen LogP contribution in [0.2, 0.25) is 0 Å². The van der Waals surface area contributed by atoms with Gasteiger partial charge >= 0.3 is 0 Å². The lowest BCUT2D eigenvalue weighted by Crippen LogP contribution is -2.28. The number of hydrogen-bond donors (Lipinski definition) is 1. The molecule has 1 N–H and O–H groups in total. The quantitative estimate of drug-likeness (QED) is 0.589. The highest BCUT2D eigenvalue weighted by atomic mass is 32.2. The van der Waals surface area contributed by atoms with Crippen LogP contribution in [-0.4, -0.2) is 48.6 Å². The van der Waals surface area contributed by atoms with Gasteiger partial charge in [-0.25, -0.2) is 13.1 Å². The SMILES string of the molecule is COc1ccc(C(=O)Nc2ccnn2C(C)c2ccccc2)cc1S(=O)(=O)N1CCCC1. The second-order valence-corrected chi connectivity index (χ2v) is 9.58. The average Bonchev–Trinajstić information content (AvgIpc) is 3.51. The van der Waals surface area contributed by atoms with E-state index in [1.54, 1.807) is 23.0 Å². The molecule has 1 amide bonds. The van der Waals surface area contributed by atoms with Gasteiger partial charge in [-0.1, -0.05) is 30.3 Å². The first-order valence-electron chi connectivity index (χ1n) is 10.5. The molecule has 1 fully saturated rings. The molecule has 1 atom stereocenters. The van der Waals surface area contributed by atoms with E-state index in [2.05, 4.69) is 10.4 Å². The van der Waals surface area contributed by atoms with Gasteiger partial charge in [0, 0.05) is 24.7 Å². The first-order valence-corrected chi connectivity index (χ1v) is 11.9. The zero-order chi connectivity index (χ0) is 22.7. The predicted molar refractivity (Wildman–Crippen MR) is 121 cm³/mol. The normalized spacial score (nSPS) is 15.4. The first-order chi connectivity index (χ1) is 15.4. The van der Waals surface area contributed by atoms with Crippen LogP contribution in [0.1, 0.15) is 41.7 Å². The van der Waals surface area contributed by atoms with Crippen molar-refractivity contribution in [1.29, 1.82) is 0 Å². The summed E-state index contributed by atoms with van der Waals surface area (Å²) in [6, 6.07) is 15.9. The second-order valence-electron chi connectivity index (χ2n) is 7.68. The third-order valence-corrected chi connectivity index (χ3v) is 7.59. The number of sulfonamides is 1. The van der Waals surface area contributed by atoms with E-state index in [1.807, 2.05) is 37.3 Å². The van der Waals surface area contributed by atoms with Gasteiger partial charge in [-0.15, -0.1) is 0 Å². The number of hydrogen-bond acceptors (Lipinski definition) is 5. The number of anilines is 1. The van der Waals surface area contributed by atoms with Gasteiger partial charge in [0.2, 0.25) is 10.0 Å². The van der Waals surface area contributed by atoms with Crippen molar-refractivity contribution in [1.82, 2.24) is 14.1 Å². The number of rotatable bonds is 7. The van der Waals surface area contributed by atoms with Gasteiger partial charge in [-0.2, -0.15) is 9.40 Å². The Hall–Kier alpha value is -3.17. The van der Waals surface area contributed by atoms with Crippen molar-refractivity contribution in [3.63, 3.8) is 0 Å². The number of amides is 1. The molecule has 2 aromatic carbocycles. The standard InChI is InChI=1S/C23H26N4O4S/c1-17(18-8-4-3-5-9-18)27-22(12-13-24-27)25-23(28)19-10-11-20(31-2)21(16-19)32(29,30)26-14-6-7-15-26/h3-5,8-13,16-17H,6-7,14-15H2,1-2H3,(H,25,28). The molecule has 1 aromatic heterocycles. The van der Waals surface area contributed by atoms with Gasteiger partial charge in [0.1, 0.15) is 16.5 Å². The lowest BCUT2D eigenvalue weighted by molar-refractivity contribution is 0.102. The summed E-state index contributed by atoms with van der Waals surface area (Å²) in [6.07, 6.45) is 3.27. The molecule has 168 valence electrons. The maximum Gasteiger partial charge on any atom is 0.256 e. The molecule has 2 heterocycles. The second kappa shape index (κ2) is 9.13. The van der Waals surface area contributed by atoms with E-state index in [0.717, 1.165) is 18.4 Å². The molecule has 0 saturated carbocycles. The number of nitrogens with zero attached hydrogens (tertiary/aromatic N) is 3. The molecular weight excluding hydrogens is 428 g/mol. The minimum atomic E-state index is -3.75. The zero-order valence-electron chi connectivity index (χ0n) is 18.1. The Balaban J connectivity index is 1.61. The summed E-state index contributed by atoms with van der Waals surface area (Å²) < 4.78 is 34.6. The monoisotopic (exact) mass is 454 g/mol. The maximum atomic E-state index is 13.1. The fourth-order valence-electron chi connectivity index (χ4n) is 3.87. The molecular formula is C23H26N4O4S. The van der Waals surface area contributed by atoms with Crippen molar-refractivity contribution >= 4 is 21.7 Å². The third kappa shape index (κ3) is 4.26. The molecule has 4 rings (SSSR count). The molecule has 1 saturated heterocycles. The van der Waals surface area contributed by atoms with Gasteiger partial charge in [0.25, 0.3) is 5.91 Å². The van der Waals surface area contributed by atoms with Gasteiger partial charge < -0.3 is 10.1 Å². The Morgan fingerprint density at radius 1 is 1.09 bits per heavy atom. The van der Waals surface area contributed by atoms with Crippen molar-refractivity contribution in [2.24, 2.45) is 0 Å². The van der Waals surface area contributed by atoms with Gasteiger partial charge in [-0.3, -0.25) is 4.79 Å². The molecule has 0 bridgehead atoms. The van der Waals surface area contributed by atoms with E-state index in [4.69, 9.17) is 4.74 Å². The molecule has 1 aliphatic heterocycles. The zero-order valence-corrected chi connectivity index (χ0v) is 18.9. The summed E-state index contributed by atoms with van der Waals surface area (Å²) in [6.45, 7) is 2.93. The Labute approximate surface area is 187 Å². The Morgan fingerprint density at radius 3 is 2.50 bits per heavy atom. The van der Waals surface area contributed by atoms with Gasteiger partial charge in [0.15, 0.2) is 0 Å². The molecule has 32 heavy (non-hydrogen) atoms. The van der Waals surface area contributed by atoms with Crippen LogP contribution in [0.5, 0.6) is 5.75 Å². The number of nitrogens with one attached hydrogen (secondary N) is 1. The van der Waals surface area contributed by atoms with E-state index in [0.29, 0.717) is 18.9 Å². The fourth-order valence-corrected chi connectivity index (χ4v) is 5.57. The van der Waals surface area contributed by atoms with Crippen LogP contribution in [0.15, 0.2) is 65.7 Å². The van der Waals surface area contributed by atoms with E-state index >= 15 is 0 Å². The minimum absolute atomic E-state index is 0.000659. The largest absolute Gasteiger partial charge is 0.495 e. The van der Waals surface area contributed by atoms with Gasteiger partial charge in [0.05, 0.1) is 19.3 Å². The first kappa shape index (κ1) is 22.0. The average molecular weight is 455 g/mol. The number of ether oxygens (including phenoxy) is 1. The van der Waals surface area contributed by atoms with Gasteiger partial charge in [-0.05, 0) is 43.5 Å². The number of carbonyl (C=O) groups is 1. The highest BCUT2D eigenvalue weighted by Crippen LogP contribution is 2.30. The van der Waals surface area contributed by atoms with Crippen LogP contribution in [0, 0.1) is 0 Å². The Bertz CT molecular complexity index is 1200. The van der Waals surface area contributed by atoms with Crippen LogP contribution in [0.4, 0.5) is 5.82 Å². The van der Waals surface area contributed by atoms with Crippen LogP contribution in [0.25, 0.3) is 0 Å². The number of aromatic nitrogens is 2. The topological polar surface area (TPSA) is 93.5 Å². The molecule has 1 unspecified atom stereocenters. The predicted octanol–water partition coefficient (Wildman–Crippen LogP) is 3.54. The highest BCUT2D eigenvalue weighted by Gasteiger charge is 2.30. The third-order valence-electron chi connectivity index (χ3n) is 5.67. The Kier molecular flexibility index (Phi) is 6.29. The van der Waals surface area contributed by atoms with E-state index in [9.17, 15) is 13.2 Å². The van der Waals surface area contributed by atoms with E-state index in [1.165, 1.54) is 23.5 Å². The Morgan fingerprint density at radius 2 is 1.81 bits per heavy atom. The summed E-state index contributed by atoms with van der Waals surface area (Å²) in [5, 5.41) is 7.21. The molecule has 8 nitrogen and oxygen atoms in total. The number of carbonyl (C=O) groups excluding carboxylic acids is 1. The minimum Gasteiger partial charge on any atom is -0.495 e. The number of methoxy groups -OCH3 is 1. The summed E-state index contributed by atoms with van der Waals surface area (Å²) >= 11 is 0. The molecule has 1 aliphatic rings. The summed E-state index contributed by atoms with van der Waals surface area (Å²) in [7, 11) is -2.33. The van der Waals surface area contributed by atoms with Crippen molar-refractivity contribution < 1.29 is 17.9 Å². The van der Waals surface area contributed by atoms with E-state index in [-0.39, 0.29) is 22.3 Å². The summed E-state index contributed by atoms with van der Waals surface area (Å²) in [5.74, 6) is 0.315. The molecule has 0 aliphatic carbocycles. The van der Waals surface area contributed by atoms with Crippen molar-refractivity contribution in [3.8, 4) is 5.75 Å². The van der Waals surface area contributed by atoms with Crippen molar-refractivity contribution in [3.05, 3.63) is 71.9 Å². The fraction of sp³-hybridized carbons (Fsp3) is 0.304. The van der Waals surface area contributed by atoms with Crippen LogP contribution >= 0.6 is 0 Å². The summed E-state index contributed by atoms with van der Waals surface area (Å²) in [5.41, 5.74) is 1.28. The highest BCUT2D eigenvalue weighted by molar-refractivity contribution is 7.89. The van der Waals surface area contributed by atoms with Crippen molar-refractivity contribution in [2.75, 3.05) is 25.5 Å².